The molecular formula is C28H31NO4. The van der Waals surface area contributed by atoms with Gasteiger partial charge in [-0.25, -0.2) is 0 Å². The quantitative estimate of drug-likeness (QED) is 0.411. The molecule has 3 aromatic rings. The van der Waals surface area contributed by atoms with E-state index in [1.807, 2.05) is 60.7 Å². The molecule has 0 saturated heterocycles. The van der Waals surface area contributed by atoms with Crippen LogP contribution in [-0.4, -0.2) is 41.0 Å². The van der Waals surface area contributed by atoms with Gasteiger partial charge in [-0.15, -0.1) is 0 Å². The summed E-state index contributed by atoms with van der Waals surface area (Å²) in [7, 11) is 0. The molecule has 33 heavy (non-hydrogen) atoms. The zero-order chi connectivity index (χ0) is 23.5. The van der Waals surface area contributed by atoms with Crippen LogP contribution in [-0.2, 0) is 17.8 Å². The van der Waals surface area contributed by atoms with Gasteiger partial charge in [0.2, 0.25) is 5.91 Å². The van der Waals surface area contributed by atoms with Gasteiger partial charge in [0, 0.05) is 19.4 Å². The van der Waals surface area contributed by atoms with Gasteiger partial charge in [-0.05, 0) is 29.7 Å². The third kappa shape index (κ3) is 7.58. The molecule has 0 aliphatic carbocycles. The van der Waals surface area contributed by atoms with Gasteiger partial charge in [0.25, 0.3) is 0 Å². The van der Waals surface area contributed by atoms with Gasteiger partial charge >= 0.3 is 0 Å². The number of hydrogen-bond acceptors (Lipinski definition) is 4. The number of ether oxygens (including phenoxy) is 1. The number of para-hydroxylation sites is 1. The molecule has 172 valence electrons. The molecule has 1 atom stereocenters. The number of amides is 1. The maximum atomic E-state index is 12.8. The summed E-state index contributed by atoms with van der Waals surface area (Å²) in [5.74, 6) is 0.413. The second kappa shape index (κ2) is 12.6. The van der Waals surface area contributed by atoms with Crippen molar-refractivity contribution in [3.63, 3.8) is 0 Å². The maximum Gasteiger partial charge on any atom is 0.222 e. The third-order valence-electron chi connectivity index (χ3n) is 5.40. The zero-order valence-electron chi connectivity index (χ0n) is 19.0. The van der Waals surface area contributed by atoms with Crippen molar-refractivity contribution in [3.05, 3.63) is 102 Å². The molecule has 0 fully saturated rings. The molecular weight excluding hydrogens is 414 g/mol. The normalized spacial score (nSPS) is 11.6. The van der Waals surface area contributed by atoms with Crippen LogP contribution in [0.15, 0.2) is 84.9 Å². The van der Waals surface area contributed by atoms with Crippen molar-refractivity contribution in [2.24, 2.45) is 0 Å². The Balaban J connectivity index is 1.58. The molecule has 0 aliphatic heterocycles. The van der Waals surface area contributed by atoms with Crippen molar-refractivity contribution in [1.82, 2.24) is 4.90 Å². The monoisotopic (exact) mass is 445 g/mol. The van der Waals surface area contributed by atoms with Crippen molar-refractivity contribution >= 4 is 11.7 Å². The summed E-state index contributed by atoms with van der Waals surface area (Å²) in [5, 5.41) is 10.6. The number of hydrogen-bond donors (Lipinski definition) is 1. The summed E-state index contributed by atoms with van der Waals surface area (Å²) >= 11 is 0. The van der Waals surface area contributed by atoms with Crippen molar-refractivity contribution < 1.29 is 19.4 Å². The van der Waals surface area contributed by atoms with E-state index in [9.17, 15) is 14.7 Å². The van der Waals surface area contributed by atoms with Crippen molar-refractivity contribution in [2.75, 3.05) is 13.2 Å². The molecule has 0 bridgehead atoms. The van der Waals surface area contributed by atoms with Crippen LogP contribution in [0.25, 0.3) is 0 Å². The first-order chi connectivity index (χ1) is 16.1. The van der Waals surface area contributed by atoms with E-state index in [0.717, 1.165) is 11.1 Å². The minimum Gasteiger partial charge on any atom is -0.490 e. The van der Waals surface area contributed by atoms with E-state index in [1.54, 1.807) is 36.1 Å². The standard InChI is InChI=1S/C28H31NO4/c1-2-28(32)29(19-23-13-7-4-8-14-23)20-24(30)21-33-27-16-10-9-15-25(27)26(31)18-17-22-11-5-3-6-12-22/h3-16,24,30H,2,17-21H2,1H3. The Hall–Kier alpha value is -3.44. The average molecular weight is 446 g/mol. The van der Waals surface area contributed by atoms with Crippen LogP contribution in [0.4, 0.5) is 0 Å². The van der Waals surface area contributed by atoms with E-state index >= 15 is 0 Å². The topological polar surface area (TPSA) is 66.8 Å². The fourth-order valence-corrected chi connectivity index (χ4v) is 3.64. The first kappa shape index (κ1) is 24.2. The number of ketones is 1. The smallest absolute Gasteiger partial charge is 0.222 e. The van der Waals surface area contributed by atoms with Crippen LogP contribution in [0, 0.1) is 0 Å². The largest absolute Gasteiger partial charge is 0.490 e. The Labute approximate surface area is 195 Å². The maximum absolute atomic E-state index is 12.8. The third-order valence-corrected chi connectivity index (χ3v) is 5.40. The summed E-state index contributed by atoms with van der Waals surface area (Å²) in [6.07, 6.45) is 0.517. The molecule has 5 heteroatoms. The van der Waals surface area contributed by atoms with Gasteiger partial charge in [-0.1, -0.05) is 79.7 Å². The Kier molecular flexibility index (Phi) is 9.21. The van der Waals surface area contributed by atoms with Crippen LogP contribution in [0.5, 0.6) is 5.75 Å². The molecule has 0 aromatic heterocycles. The van der Waals surface area contributed by atoms with Gasteiger partial charge in [-0.2, -0.15) is 0 Å². The lowest BCUT2D eigenvalue weighted by atomic mass is 10.0. The lowest BCUT2D eigenvalue weighted by Crippen LogP contribution is -2.39. The lowest BCUT2D eigenvalue weighted by Gasteiger charge is -2.25. The van der Waals surface area contributed by atoms with Gasteiger partial charge in [0.05, 0.1) is 12.1 Å². The SMILES string of the molecule is CCC(=O)N(Cc1ccccc1)CC(O)COc1ccccc1C(=O)CCc1ccccc1. The second-order valence-corrected chi connectivity index (χ2v) is 7.98. The van der Waals surface area contributed by atoms with E-state index in [0.29, 0.717) is 37.1 Å². The highest BCUT2D eigenvalue weighted by molar-refractivity contribution is 5.98. The second-order valence-electron chi connectivity index (χ2n) is 7.98. The minimum atomic E-state index is -0.878. The Morgan fingerprint density at radius 1 is 0.879 bits per heavy atom. The number of Topliss-reactive ketones (excluding diaryl/α,β-unsaturated/α-hetero) is 1. The van der Waals surface area contributed by atoms with Crippen LogP contribution < -0.4 is 4.74 Å². The van der Waals surface area contributed by atoms with Gasteiger partial charge in [-0.3, -0.25) is 9.59 Å². The van der Waals surface area contributed by atoms with E-state index in [2.05, 4.69) is 0 Å². The Morgan fingerprint density at radius 3 is 2.15 bits per heavy atom. The van der Waals surface area contributed by atoms with E-state index < -0.39 is 6.10 Å². The Morgan fingerprint density at radius 2 is 1.48 bits per heavy atom. The van der Waals surface area contributed by atoms with Gasteiger partial charge < -0.3 is 14.7 Å². The van der Waals surface area contributed by atoms with E-state index in [4.69, 9.17) is 4.74 Å². The summed E-state index contributed by atoms with van der Waals surface area (Å²) in [6, 6.07) is 26.7. The molecule has 5 nitrogen and oxygen atoms in total. The molecule has 0 radical (unpaired) electrons. The number of benzene rings is 3. The summed E-state index contributed by atoms with van der Waals surface area (Å²) < 4.78 is 5.83. The molecule has 0 aliphatic rings. The molecule has 3 aromatic carbocycles. The number of nitrogens with zero attached hydrogens (tertiary/aromatic N) is 1. The van der Waals surface area contributed by atoms with Crippen LogP contribution >= 0.6 is 0 Å². The molecule has 0 spiro atoms. The number of carbonyl (C=O) groups is 2. The number of aliphatic hydroxyl groups is 1. The first-order valence-electron chi connectivity index (χ1n) is 11.4. The highest BCUT2D eigenvalue weighted by Gasteiger charge is 2.19. The molecule has 3 rings (SSSR count). The number of rotatable bonds is 12. The van der Waals surface area contributed by atoms with Crippen LogP contribution in [0.3, 0.4) is 0 Å². The van der Waals surface area contributed by atoms with Crippen LogP contribution in [0.2, 0.25) is 0 Å². The average Bonchev–Trinajstić information content (AvgIpc) is 2.86. The summed E-state index contributed by atoms with van der Waals surface area (Å²) in [4.78, 5) is 26.8. The van der Waals surface area contributed by atoms with Crippen LogP contribution in [0.1, 0.15) is 41.3 Å². The molecule has 1 unspecified atom stereocenters. The highest BCUT2D eigenvalue weighted by atomic mass is 16.5. The predicted molar refractivity (Wildman–Crippen MR) is 129 cm³/mol. The van der Waals surface area contributed by atoms with Crippen molar-refractivity contribution in [2.45, 2.75) is 38.8 Å². The molecule has 0 saturated carbocycles. The van der Waals surface area contributed by atoms with E-state index in [-0.39, 0.29) is 24.8 Å². The number of carbonyl (C=O) groups excluding carboxylic acids is 2. The zero-order valence-corrected chi connectivity index (χ0v) is 19.0. The minimum absolute atomic E-state index is 0.00388. The Bertz CT molecular complexity index is 1020. The van der Waals surface area contributed by atoms with E-state index in [1.165, 1.54) is 0 Å². The van der Waals surface area contributed by atoms with Gasteiger partial charge in [0.1, 0.15) is 18.5 Å². The van der Waals surface area contributed by atoms with Crippen molar-refractivity contribution in [3.8, 4) is 5.75 Å². The number of aryl methyl sites for hydroxylation is 1. The fraction of sp³-hybridized carbons (Fsp3) is 0.286. The molecule has 1 N–H and O–H groups in total. The van der Waals surface area contributed by atoms with Gasteiger partial charge in [0.15, 0.2) is 5.78 Å². The summed E-state index contributed by atoms with van der Waals surface area (Å²) in [6.45, 7) is 2.39. The predicted octanol–water partition coefficient (Wildman–Crippen LogP) is 4.68. The molecule has 0 heterocycles. The van der Waals surface area contributed by atoms with Crippen molar-refractivity contribution in [1.29, 1.82) is 0 Å². The first-order valence-corrected chi connectivity index (χ1v) is 11.4. The highest BCUT2D eigenvalue weighted by Crippen LogP contribution is 2.21. The summed E-state index contributed by atoms with van der Waals surface area (Å²) in [5.41, 5.74) is 2.62. The lowest BCUT2D eigenvalue weighted by molar-refractivity contribution is -0.133. The number of aliphatic hydroxyl groups excluding tert-OH is 1. The fourth-order valence-electron chi connectivity index (χ4n) is 3.64. The molecule has 1 amide bonds.